The van der Waals surface area contributed by atoms with Gasteiger partial charge in [-0.1, -0.05) is 78.4 Å². The van der Waals surface area contributed by atoms with Crippen molar-refractivity contribution in [3.63, 3.8) is 0 Å². The highest BCUT2D eigenvalue weighted by Crippen LogP contribution is 2.46. The van der Waals surface area contributed by atoms with Gasteiger partial charge in [-0.3, -0.25) is 4.98 Å². The van der Waals surface area contributed by atoms with Crippen LogP contribution < -0.4 is 0 Å². The van der Waals surface area contributed by atoms with Crippen LogP contribution in [0.2, 0.25) is 0 Å². The number of hydrogen-bond acceptors (Lipinski definition) is 2. The molecule has 13 heteroatoms. The number of para-hydroxylation sites is 2. The summed E-state index contributed by atoms with van der Waals surface area (Å²) in [5, 5.41) is 12.8. The van der Waals surface area contributed by atoms with Gasteiger partial charge in [0.2, 0.25) is 0 Å². The molecule has 0 unspecified atom stereocenters. The standard InChI is InChI=1S/C52H29F9N4/c1-29-10-15-34(42(22-29)51(56,57)58)31-13-19-47-40(24-31)37-7-3-5-9-45(37)65(47)49-23-30(27-62)11-16-38(49)41-28-63-21-20-48(41)64-44-8-4-2-6-36(44)39-25-32(12-18-46(39)64)35-17-14-33(50(53,54)55)26-43(35)52(59,60)61/h2-26,28H,1H3. The molecule has 7 aromatic carbocycles. The molecule has 10 rings (SSSR count). The summed E-state index contributed by atoms with van der Waals surface area (Å²) in [6.45, 7) is 1.61. The molecule has 4 nitrogen and oxygen atoms in total. The summed E-state index contributed by atoms with van der Waals surface area (Å²) in [6.07, 6.45) is -11.4. The van der Waals surface area contributed by atoms with Gasteiger partial charge in [-0.05, 0) is 102 Å². The van der Waals surface area contributed by atoms with Crippen molar-refractivity contribution in [1.82, 2.24) is 14.1 Å². The Morgan fingerprint density at radius 1 is 0.462 bits per heavy atom. The van der Waals surface area contributed by atoms with Crippen LogP contribution in [0.4, 0.5) is 39.5 Å². The summed E-state index contributed by atoms with van der Waals surface area (Å²) in [5.74, 6) is 0. The van der Waals surface area contributed by atoms with E-state index in [-0.39, 0.29) is 17.2 Å². The maximum atomic E-state index is 14.4. The van der Waals surface area contributed by atoms with Crippen LogP contribution in [0.1, 0.15) is 27.8 Å². The lowest BCUT2D eigenvalue weighted by atomic mass is 9.95. The largest absolute Gasteiger partial charge is 0.417 e. The summed E-state index contributed by atoms with van der Waals surface area (Å²) in [6, 6.07) is 39.5. The van der Waals surface area contributed by atoms with Crippen LogP contribution in [0.25, 0.3) is 88.4 Å². The molecule has 3 heterocycles. The van der Waals surface area contributed by atoms with Crippen LogP contribution in [0.3, 0.4) is 0 Å². The van der Waals surface area contributed by atoms with Crippen LogP contribution >= 0.6 is 0 Å². The van der Waals surface area contributed by atoms with E-state index in [1.165, 1.54) is 12.1 Å². The first-order valence-corrected chi connectivity index (χ1v) is 20.0. The van der Waals surface area contributed by atoms with Gasteiger partial charge in [0.15, 0.2) is 0 Å². The van der Waals surface area contributed by atoms with Gasteiger partial charge < -0.3 is 9.13 Å². The highest BCUT2D eigenvalue weighted by Gasteiger charge is 2.39. The monoisotopic (exact) mass is 880 g/mol. The van der Waals surface area contributed by atoms with Crippen LogP contribution in [0.5, 0.6) is 0 Å². The molecule has 0 N–H and O–H groups in total. The number of nitrogens with zero attached hydrogens (tertiary/aromatic N) is 4. The van der Waals surface area contributed by atoms with E-state index in [1.54, 1.807) is 86.0 Å². The number of aryl methyl sites for hydroxylation is 1. The van der Waals surface area contributed by atoms with Gasteiger partial charge in [0.05, 0.1) is 61.8 Å². The number of halogens is 9. The molecule has 3 aromatic heterocycles. The van der Waals surface area contributed by atoms with E-state index in [9.17, 15) is 44.8 Å². The lowest BCUT2D eigenvalue weighted by Crippen LogP contribution is -2.12. The summed E-state index contributed by atoms with van der Waals surface area (Å²) >= 11 is 0. The third-order valence-electron chi connectivity index (χ3n) is 11.8. The van der Waals surface area contributed by atoms with Gasteiger partial charge in [-0.25, -0.2) is 0 Å². The predicted molar refractivity (Wildman–Crippen MR) is 234 cm³/mol. The van der Waals surface area contributed by atoms with E-state index >= 15 is 0 Å². The summed E-state index contributed by atoms with van der Waals surface area (Å²) < 4.78 is 131. The van der Waals surface area contributed by atoms with Gasteiger partial charge in [-0.15, -0.1) is 0 Å². The zero-order valence-electron chi connectivity index (χ0n) is 33.7. The molecular formula is C52H29F9N4. The lowest BCUT2D eigenvalue weighted by molar-refractivity contribution is -0.143. The third-order valence-corrected chi connectivity index (χ3v) is 11.8. The van der Waals surface area contributed by atoms with Gasteiger partial charge in [0.25, 0.3) is 0 Å². The minimum atomic E-state index is -5.08. The minimum Gasteiger partial charge on any atom is -0.309 e. The molecule has 0 spiro atoms. The van der Waals surface area contributed by atoms with Crippen LogP contribution in [0, 0.1) is 18.3 Å². The van der Waals surface area contributed by atoms with Crippen molar-refractivity contribution in [3.05, 3.63) is 186 Å². The van der Waals surface area contributed by atoms with E-state index < -0.39 is 40.8 Å². The van der Waals surface area contributed by atoms with Gasteiger partial charge >= 0.3 is 18.5 Å². The molecule has 0 aliphatic heterocycles. The number of alkyl halides is 9. The molecule has 0 aliphatic carbocycles. The molecule has 65 heavy (non-hydrogen) atoms. The number of benzene rings is 7. The molecule has 0 saturated heterocycles. The van der Waals surface area contributed by atoms with Crippen molar-refractivity contribution in [2.45, 2.75) is 25.5 Å². The van der Waals surface area contributed by atoms with Crippen LogP contribution in [-0.2, 0) is 18.5 Å². The first kappa shape index (κ1) is 41.2. The van der Waals surface area contributed by atoms with Gasteiger partial charge in [0, 0.05) is 45.1 Å². The molecule has 320 valence electrons. The molecule has 0 bridgehead atoms. The van der Waals surface area contributed by atoms with Crippen molar-refractivity contribution < 1.29 is 39.5 Å². The fraction of sp³-hybridized carbons (Fsp3) is 0.0769. The number of fused-ring (bicyclic) bond motifs is 6. The van der Waals surface area contributed by atoms with Crippen LogP contribution in [-0.4, -0.2) is 14.1 Å². The highest BCUT2D eigenvalue weighted by molar-refractivity contribution is 6.13. The first-order chi connectivity index (χ1) is 31.0. The number of hydrogen-bond donors (Lipinski definition) is 0. The number of pyridine rings is 1. The van der Waals surface area contributed by atoms with Crippen molar-refractivity contribution in [2.75, 3.05) is 0 Å². The molecule has 0 amide bonds. The van der Waals surface area contributed by atoms with E-state index in [0.29, 0.717) is 83.5 Å². The normalized spacial score (nSPS) is 12.4. The van der Waals surface area contributed by atoms with Crippen molar-refractivity contribution in [3.8, 4) is 50.8 Å². The third kappa shape index (κ3) is 6.93. The van der Waals surface area contributed by atoms with Crippen LogP contribution in [0.15, 0.2) is 158 Å². The first-order valence-electron chi connectivity index (χ1n) is 20.0. The zero-order chi connectivity index (χ0) is 45.6. The van der Waals surface area contributed by atoms with E-state index in [1.807, 2.05) is 51.6 Å². The summed E-state index contributed by atoms with van der Waals surface area (Å²) in [7, 11) is 0. The Morgan fingerprint density at radius 3 is 1.55 bits per heavy atom. The summed E-state index contributed by atoms with van der Waals surface area (Å²) in [4.78, 5) is 4.51. The Balaban J connectivity index is 1.19. The Labute approximate surface area is 363 Å². The maximum absolute atomic E-state index is 14.4. The molecule has 0 atom stereocenters. The zero-order valence-corrected chi connectivity index (χ0v) is 33.7. The van der Waals surface area contributed by atoms with Gasteiger partial charge in [-0.2, -0.15) is 44.8 Å². The van der Waals surface area contributed by atoms with Crippen molar-refractivity contribution >= 4 is 43.6 Å². The molecular weight excluding hydrogens is 852 g/mol. The Bertz CT molecular complexity index is 3600. The minimum absolute atomic E-state index is 0.0347. The lowest BCUT2D eigenvalue weighted by Gasteiger charge is -2.19. The second kappa shape index (κ2) is 14.9. The molecule has 10 aromatic rings. The highest BCUT2D eigenvalue weighted by atomic mass is 19.4. The summed E-state index contributed by atoms with van der Waals surface area (Å²) in [5.41, 5.74) is 2.31. The average Bonchev–Trinajstić information content (AvgIpc) is 3.80. The molecule has 0 aliphatic rings. The number of aromatic nitrogens is 3. The fourth-order valence-electron chi connectivity index (χ4n) is 8.95. The smallest absolute Gasteiger partial charge is 0.309 e. The van der Waals surface area contributed by atoms with E-state index in [4.69, 9.17) is 0 Å². The Morgan fingerprint density at radius 2 is 0.985 bits per heavy atom. The second-order valence-electron chi connectivity index (χ2n) is 15.7. The molecule has 0 radical (unpaired) electrons. The molecule has 0 fully saturated rings. The Kier molecular flexibility index (Phi) is 9.42. The van der Waals surface area contributed by atoms with Crippen molar-refractivity contribution in [1.29, 1.82) is 5.26 Å². The van der Waals surface area contributed by atoms with E-state index in [0.717, 1.165) is 17.5 Å². The van der Waals surface area contributed by atoms with Crippen molar-refractivity contribution in [2.24, 2.45) is 0 Å². The fourth-order valence-corrected chi connectivity index (χ4v) is 8.95. The molecule has 0 saturated carbocycles. The average molecular weight is 881 g/mol. The quantitative estimate of drug-likeness (QED) is 0.162. The topological polar surface area (TPSA) is 46.5 Å². The van der Waals surface area contributed by atoms with Gasteiger partial charge in [0.1, 0.15) is 0 Å². The Hall–Kier alpha value is -7.85. The SMILES string of the molecule is Cc1ccc(-c2ccc3c(c2)c2ccccc2n3-c2cc(C#N)ccc2-c2cnccc2-n2c3ccccc3c3cc(-c4ccc(C(F)(F)F)cc4C(F)(F)F)ccc32)c(C(F)(F)F)c1. The second-order valence-corrected chi connectivity index (χ2v) is 15.7. The maximum Gasteiger partial charge on any atom is 0.417 e. The number of nitriles is 1. The number of rotatable bonds is 5. The van der Waals surface area contributed by atoms with E-state index in [2.05, 4.69) is 11.1 Å². The predicted octanol–water partition coefficient (Wildman–Crippen LogP) is 15.5.